The van der Waals surface area contributed by atoms with Crippen molar-refractivity contribution in [3.05, 3.63) is 32.9 Å². The third-order valence-corrected chi connectivity index (χ3v) is 3.37. The Morgan fingerprint density at radius 2 is 2.27 bits per heavy atom. The number of halogens is 2. The van der Waals surface area contributed by atoms with Crippen molar-refractivity contribution in [3.8, 4) is 0 Å². The second kappa shape index (κ2) is 5.84. The van der Waals surface area contributed by atoms with E-state index in [1.165, 1.54) is 5.56 Å². The predicted octanol–water partition coefficient (Wildman–Crippen LogP) is 3.92. The molecule has 82 valence electrons. The average molecular weight is 383 g/mol. The molecule has 0 amide bonds. The van der Waals surface area contributed by atoms with Crippen LogP contribution < -0.4 is 0 Å². The molecule has 15 heavy (non-hydrogen) atoms. The van der Waals surface area contributed by atoms with Gasteiger partial charge in [-0.2, -0.15) is 0 Å². The van der Waals surface area contributed by atoms with Gasteiger partial charge in [0.1, 0.15) is 0 Å². The van der Waals surface area contributed by atoms with Crippen LogP contribution in [0, 0.1) is 3.57 Å². The zero-order valence-corrected chi connectivity index (χ0v) is 12.3. The summed E-state index contributed by atoms with van der Waals surface area (Å²) in [6.45, 7) is 4.27. The normalized spacial score (nSPS) is 12.3. The van der Waals surface area contributed by atoms with Crippen LogP contribution in [0.3, 0.4) is 0 Å². The average Bonchev–Trinajstić information content (AvgIpc) is 2.17. The molecule has 2 nitrogen and oxygen atoms in total. The molecule has 0 aromatic heterocycles. The smallest absolute Gasteiger partial charge is 0.338 e. The summed E-state index contributed by atoms with van der Waals surface area (Å²) in [5.74, 6) is -0.260. The Morgan fingerprint density at radius 1 is 1.60 bits per heavy atom. The second-order valence-electron chi connectivity index (χ2n) is 3.07. The molecule has 0 aliphatic rings. The van der Waals surface area contributed by atoms with Gasteiger partial charge >= 0.3 is 5.97 Å². The third kappa shape index (κ3) is 3.45. The van der Waals surface area contributed by atoms with Crippen molar-refractivity contribution in [3.63, 3.8) is 0 Å². The zero-order valence-electron chi connectivity index (χ0n) is 8.59. The highest BCUT2D eigenvalue weighted by Gasteiger charge is 2.11. The highest BCUT2D eigenvalue weighted by Crippen LogP contribution is 2.27. The fourth-order valence-corrected chi connectivity index (χ4v) is 3.00. The van der Waals surface area contributed by atoms with Crippen molar-refractivity contribution < 1.29 is 9.53 Å². The third-order valence-electron chi connectivity index (χ3n) is 1.94. The fraction of sp³-hybridized carbons (Fsp3) is 0.364. The number of carbonyl (C=O) groups is 1. The van der Waals surface area contributed by atoms with Gasteiger partial charge in [0, 0.05) is 8.40 Å². The van der Waals surface area contributed by atoms with Gasteiger partial charge in [-0.25, -0.2) is 4.79 Å². The van der Waals surface area contributed by atoms with E-state index in [1.54, 1.807) is 13.0 Å². The lowest BCUT2D eigenvalue weighted by atomic mass is 10.1. The summed E-state index contributed by atoms with van der Waals surface area (Å²) in [7, 11) is 0. The molecule has 0 spiro atoms. The molecule has 4 heteroatoms. The van der Waals surface area contributed by atoms with Crippen LogP contribution in [0.5, 0.6) is 0 Å². The van der Waals surface area contributed by atoms with Crippen LogP contribution in [-0.2, 0) is 4.74 Å². The fourth-order valence-electron chi connectivity index (χ4n) is 1.19. The molecule has 1 unspecified atom stereocenters. The summed E-state index contributed by atoms with van der Waals surface area (Å²) in [6, 6.07) is 5.60. The van der Waals surface area contributed by atoms with Crippen LogP contribution >= 0.6 is 38.5 Å². The van der Waals surface area contributed by atoms with Crippen molar-refractivity contribution in [2.45, 2.75) is 18.7 Å². The molecular formula is C11H12BrIO2. The largest absolute Gasteiger partial charge is 0.462 e. The van der Waals surface area contributed by atoms with E-state index in [-0.39, 0.29) is 5.97 Å². The summed E-state index contributed by atoms with van der Waals surface area (Å²) in [5.41, 5.74) is 1.79. The molecule has 0 radical (unpaired) electrons. The number of benzene rings is 1. The molecular weight excluding hydrogens is 371 g/mol. The van der Waals surface area contributed by atoms with Crippen molar-refractivity contribution in [2.24, 2.45) is 0 Å². The number of alkyl halides is 1. The van der Waals surface area contributed by atoms with E-state index in [1.807, 2.05) is 12.1 Å². The van der Waals surface area contributed by atoms with Gasteiger partial charge in [0.05, 0.1) is 12.2 Å². The minimum Gasteiger partial charge on any atom is -0.462 e. The summed E-state index contributed by atoms with van der Waals surface area (Å²) in [4.78, 5) is 11.7. The quantitative estimate of drug-likeness (QED) is 0.450. The van der Waals surface area contributed by atoms with Gasteiger partial charge in [-0.15, -0.1) is 0 Å². The molecule has 0 aliphatic heterocycles. The Kier molecular flexibility index (Phi) is 5.05. The highest BCUT2D eigenvalue weighted by atomic mass is 127. The predicted molar refractivity (Wildman–Crippen MR) is 72.5 cm³/mol. The van der Waals surface area contributed by atoms with E-state index in [0.717, 1.165) is 3.57 Å². The van der Waals surface area contributed by atoms with E-state index in [0.29, 0.717) is 17.0 Å². The minimum absolute atomic E-state index is 0.260. The van der Waals surface area contributed by atoms with Crippen molar-refractivity contribution >= 4 is 44.5 Å². The molecule has 0 bridgehead atoms. The van der Waals surface area contributed by atoms with Crippen LogP contribution in [0.1, 0.15) is 34.6 Å². The van der Waals surface area contributed by atoms with Crippen LogP contribution in [-0.4, -0.2) is 12.6 Å². The molecule has 1 rings (SSSR count). The maximum atomic E-state index is 11.4. The number of hydrogen-bond donors (Lipinski definition) is 0. The van der Waals surface area contributed by atoms with Crippen LogP contribution in [0.15, 0.2) is 18.2 Å². The summed E-state index contributed by atoms with van der Waals surface area (Å²) in [5, 5.41) is 0. The number of carbonyl (C=O) groups excluding carboxylic acids is 1. The monoisotopic (exact) mass is 382 g/mol. The Morgan fingerprint density at radius 3 is 2.73 bits per heavy atom. The molecule has 0 aliphatic carbocycles. The number of ether oxygens (including phenoxy) is 1. The van der Waals surface area contributed by atoms with E-state index in [9.17, 15) is 4.79 Å². The molecule has 0 heterocycles. The van der Waals surface area contributed by atoms with E-state index >= 15 is 0 Å². The first-order chi connectivity index (χ1) is 7.06. The SMILES string of the molecule is CCOC(=O)c1ccc(C(C)Br)c(I)c1. The molecule has 1 atom stereocenters. The Labute approximate surface area is 112 Å². The lowest BCUT2D eigenvalue weighted by Crippen LogP contribution is -2.05. The first-order valence-electron chi connectivity index (χ1n) is 4.67. The molecule has 0 saturated carbocycles. The number of rotatable bonds is 3. The summed E-state index contributed by atoms with van der Waals surface area (Å²) in [6.07, 6.45) is 0. The molecule has 0 fully saturated rings. The lowest BCUT2D eigenvalue weighted by molar-refractivity contribution is 0.0526. The highest BCUT2D eigenvalue weighted by molar-refractivity contribution is 14.1. The van der Waals surface area contributed by atoms with Gasteiger partial charge in [-0.05, 0) is 54.1 Å². The van der Waals surface area contributed by atoms with Gasteiger partial charge in [0.15, 0.2) is 0 Å². The Balaban J connectivity index is 2.96. The zero-order chi connectivity index (χ0) is 11.4. The molecule has 1 aromatic rings. The topological polar surface area (TPSA) is 26.3 Å². The van der Waals surface area contributed by atoms with Crippen molar-refractivity contribution in [1.82, 2.24) is 0 Å². The van der Waals surface area contributed by atoms with Gasteiger partial charge in [0.25, 0.3) is 0 Å². The number of esters is 1. The van der Waals surface area contributed by atoms with E-state index < -0.39 is 0 Å². The maximum absolute atomic E-state index is 11.4. The van der Waals surface area contributed by atoms with Gasteiger partial charge in [-0.3, -0.25) is 0 Å². The first-order valence-corrected chi connectivity index (χ1v) is 6.66. The molecule has 0 N–H and O–H groups in total. The van der Waals surface area contributed by atoms with Crippen LogP contribution in [0.4, 0.5) is 0 Å². The molecule has 1 aromatic carbocycles. The first kappa shape index (κ1) is 13.0. The van der Waals surface area contributed by atoms with Gasteiger partial charge in [0.2, 0.25) is 0 Å². The minimum atomic E-state index is -0.260. The maximum Gasteiger partial charge on any atom is 0.338 e. The van der Waals surface area contributed by atoms with Crippen LogP contribution in [0.2, 0.25) is 0 Å². The van der Waals surface area contributed by atoms with Crippen molar-refractivity contribution in [2.75, 3.05) is 6.61 Å². The van der Waals surface area contributed by atoms with Crippen molar-refractivity contribution in [1.29, 1.82) is 0 Å². The Bertz CT molecular complexity index is 364. The van der Waals surface area contributed by atoms with Gasteiger partial charge < -0.3 is 4.74 Å². The second-order valence-corrected chi connectivity index (χ2v) is 5.61. The Hall–Kier alpha value is -0.100. The summed E-state index contributed by atoms with van der Waals surface area (Å²) < 4.78 is 6.00. The summed E-state index contributed by atoms with van der Waals surface area (Å²) >= 11 is 5.73. The van der Waals surface area contributed by atoms with E-state index in [4.69, 9.17) is 4.74 Å². The lowest BCUT2D eigenvalue weighted by Gasteiger charge is -2.08. The van der Waals surface area contributed by atoms with Gasteiger partial charge in [-0.1, -0.05) is 22.0 Å². The number of hydrogen-bond acceptors (Lipinski definition) is 2. The van der Waals surface area contributed by atoms with Crippen LogP contribution in [0.25, 0.3) is 0 Å². The molecule has 0 saturated heterocycles. The standard InChI is InChI=1S/C11H12BrIO2/c1-3-15-11(14)8-4-5-9(7(2)12)10(13)6-8/h4-7H,3H2,1-2H3. The van der Waals surface area contributed by atoms with E-state index in [2.05, 4.69) is 45.4 Å².